The first-order valence-electron chi connectivity index (χ1n) is 16.9. The molecule has 1 aromatic rings. The molecule has 7 heteroatoms. The Hall–Kier alpha value is -2.12. The molecule has 1 heterocycles. The second kappa shape index (κ2) is 12.2. The Kier molecular flexibility index (Phi) is 8.86. The molecule has 0 amide bonds. The van der Waals surface area contributed by atoms with Gasteiger partial charge in [0, 0.05) is 11.8 Å². The molecule has 3 saturated carbocycles. The lowest BCUT2D eigenvalue weighted by molar-refractivity contribution is -0.188. The van der Waals surface area contributed by atoms with Gasteiger partial charge in [0.1, 0.15) is 6.61 Å². The molecule has 242 valence electrons. The Bertz CT molecular complexity index is 1270. The fourth-order valence-corrected chi connectivity index (χ4v) is 9.96. The molecule has 3 fully saturated rings. The van der Waals surface area contributed by atoms with Crippen molar-refractivity contribution in [1.29, 1.82) is 0 Å². The Morgan fingerprint density at radius 2 is 1.80 bits per heavy atom. The second-order valence-corrected chi connectivity index (χ2v) is 14.8. The van der Waals surface area contributed by atoms with Gasteiger partial charge in [-0.1, -0.05) is 62.7 Å². The number of ether oxygens (including phenoxy) is 2. The average molecular weight is 614 g/mol. The number of benzene rings is 1. The molecule has 0 bridgehead atoms. The summed E-state index contributed by atoms with van der Waals surface area (Å²) in [4.78, 5) is 5.69. The van der Waals surface area contributed by atoms with Crippen LogP contribution in [0, 0.1) is 40.4 Å². The van der Waals surface area contributed by atoms with Gasteiger partial charge in [-0.25, -0.2) is 0 Å². The van der Waals surface area contributed by atoms with E-state index in [1.807, 2.05) is 0 Å². The van der Waals surface area contributed by atoms with E-state index in [4.69, 9.17) is 14.3 Å². The van der Waals surface area contributed by atoms with Crippen LogP contribution in [0.25, 0.3) is 0 Å². The second-order valence-electron chi connectivity index (χ2n) is 14.8. The lowest BCUT2D eigenvalue weighted by Gasteiger charge is -2.58. The fraction of sp³-hybridized carbons (Fsp3) is 0.703. The molecular formula is C37H50F3NO3. The molecule has 0 spiro atoms. The van der Waals surface area contributed by atoms with Crippen molar-refractivity contribution in [1.82, 2.24) is 0 Å². The summed E-state index contributed by atoms with van der Waals surface area (Å²) >= 11 is 0. The number of allylic oxidation sites excluding steroid dienone is 1. The van der Waals surface area contributed by atoms with Crippen LogP contribution in [0.1, 0.15) is 104 Å². The zero-order valence-electron chi connectivity index (χ0n) is 27.0. The molecule has 0 N–H and O–H groups in total. The monoisotopic (exact) mass is 613 g/mol. The van der Waals surface area contributed by atoms with E-state index >= 15 is 0 Å². The average Bonchev–Trinajstić information content (AvgIpc) is 3.35. The summed E-state index contributed by atoms with van der Waals surface area (Å²) in [5, 5.41) is 4.52. The minimum atomic E-state index is -4.33. The van der Waals surface area contributed by atoms with Gasteiger partial charge >= 0.3 is 6.18 Å². The zero-order chi connectivity index (χ0) is 31.3. The highest BCUT2D eigenvalue weighted by Crippen LogP contribution is 2.66. The van der Waals surface area contributed by atoms with Crippen LogP contribution in [-0.4, -0.2) is 24.2 Å². The number of oxime groups is 1. The van der Waals surface area contributed by atoms with E-state index in [-0.39, 0.29) is 35.9 Å². The van der Waals surface area contributed by atoms with Crippen LogP contribution in [0.15, 0.2) is 53.2 Å². The fourth-order valence-electron chi connectivity index (χ4n) is 9.96. The number of halogens is 3. The number of hydrogen-bond acceptors (Lipinski definition) is 4. The number of nitrogens with zero attached hydrogens (tertiary/aromatic N) is 1. The first-order chi connectivity index (χ1) is 20.9. The van der Waals surface area contributed by atoms with Gasteiger partial charge in [0.25, 0.3) is 0 Å². The maximum atomic E-state index is 12.9. The summed E-state index contributed by atoms with van der Waals surface area (Å²) < 4.78 is 51.5. The SMILES string of the molecule is CC[C@H]1OC(OC2CC[C@@]3(C)C(=CCC4C3CC[C@@]3(C)C4CC[C@@H]3/C(C)=N/OCc3ccc(C(F)(F)F)cc3)C2)C=C[C@@H]1C. The van der Waals surface area contributed by atoms with Crippen LogP contribution >= 0.6 is 0 Å². The van der Waals surface area contributed by atoms with Crippen molar-refractivity contribution in [3.8, 4) is 0 Å². The minimum absolute atomic E-state index is 0.172. The third-order valence-corrected chi connectivity index (χ3v) is 12.5. The highest BCUT2D eigenvalue weighted by atomic mass is 19.4. The summed E-state index contributed by atoms with van der Waals surface area (Å²) in [5.74, 6) is 2.90. The Morgan fingerprint density at radius 1 is 1.02 bits per heavy atom. The van der Waals surface area contributed by atoms with Crippen molar-refractivity contribution in [3.05, 3.63) is 59.2 Å². The van der Waals surface area contributed by atoms with Crippen LogP contribution in [0.2, 0.25) is 0 Å². The topological polar surface area (TPSA) is 40.0 Å². The number of hydrogen-bond donors (Lipinski definition) is 0. The molecule has 44 heavy (non-hydrogen) atoms. The number of rotatable bonds is 7. The van der Waals surface area contributed by atoms with Gasteiger partial charge in [-0.15, -0.1) is 0 Å². The molecule has 10 atom stereocenters. The van der Waals surface area contributed by atoms with E-state index in [1.165, 1.54) is 37.8 Å². The van der Waals surface area contributed by atoms with Gasteiger partial charge in [0.2, 0.25) is 0 Å². The van der Waals surface area contributed by atoms with E-state index in [0.29, 0.717) is 35.2 Å². The Labute approximate surface area is 261 Å². The Balaban J connectivity index is 1.08. The van der Waals surface area contributed by atoms with E-state index < -0.39 is 11.7 Å². The molecule has 0 aromatic heterocycles. The van der Waals surface area contributed by atoms with Crippen LogP contribution in [0.4, 0.5) is 13.2 Å². The molecule has 5 aliphatic rings. The molecule has 6 rings (SSSR count). The highest BCUT2D eigenvalue weighted by molar-refractivity contribution is 5.85. The third kappa shape index (κ3) is 5.92. The van der Waals surface area contributed by atoms with Crippen molar-refractivity contribution in [2.24, 2.45) is 45.6 Å². The molecule has 0 radical (unpaired) electrons. The summed E-state index contributed by atoms with van der Waals surface area (Å²) in [6.45, 7) is 11.7. The Morgan fingerprint density at radius 3 is 2.52 bits per heavy atom. The maximum Gasteiger partial charge on any atom is 0.416 e. The van der Waals surface area contributed by atoms with Crippen molar-refractivity contribution in [2.45, 2.75) is 124 Å². The predicted octanol–water partition coefficient (Wildman–Crippen LogP) is 9.89. The van der Waals surface area contributed by atoms with Gasteiger partial charge in [0.15, 0.2) is 6.29 Å². The van der Waals surface area contributed by atoms with Gasteiger partial charge < -0.3 is 14.3 Å². The van der Waals surface area contributed by atoms with Gasteiger partial charge in [-0.05, 0) is 117 Å². The minimum Gasteiger partial charge on any atom is -0.391 e. The van der Waals surface area contributed by atoms with Gasteiger partial charge in [-0.3, -0.25) is 0 Å². The third-order valence-electron chi connectivity index (χ3n) is 12.5. The summed E-state index contributed by atoms with van der Waals surface area (Å²) in [7, 11) is 0. The molecule has 1 aliphatic heterocycles. The lowest BCUT2D eigenvalue weighted by Crippen LogP contribution is -2.51. The molecular weight excluding hydrogens is 563 g/mol. The summed E-state index contributed by atoms with van der Waals surface area (Å²) in [6.07, 6.45) is 13.1. The van der Waals surface area contributed by atoms with Crippen LogP contribution < -0.4 is 0 Å². The first kappa shape index (κ1) is 31.8. The zero-order valence-corrected chi connectivity index (χ0v) is 27.0. The molecule has 0 saturated heterocycles. The van der Waals surface area contributed by atoms with Crippen molar-refractivity contribution in [3.63, 3.8) is 0 Å². The molecule has 5 unspecified atom stereocenters. The normalized spacial score (nSPS) is 40.5. The number of alkyl halides is 3. The smallest absolute Gasteiger partial charge is 0.391 e. The van der Waals surface area contributed by atoms with Crippen LogP contribution in [0.5, 0.6) is 0 Å². The lowest BCUT2D eigenvalue weighted by atomic mass is 9.47. The molecule has 4 nitrogen and oxygen atoms in total. The van der Waals surface area contributed by atoms with Crippen molar-refractivity contribution in [2.75, 3.05) is 0 Å². The van der Waals surface area contributed by atoms with Gasteiger partial charge in [0.05, 0.1) is 23.5 Å². The van der Waals surface area contributed by atoms with E-state index in [1.54, 1.807) is 5.57 Å². The van der Waals surface area contributed by atoms with E-state index in [0.717, 1.165) is 49.9 Å². The van der Waals surface area contributed by atoms with Crippen LogP contribution in [-0.2, 0) is 27.1 Å². The largest absolute Gasteiger partial charge is 0.416 e. The summed E-state index contributed by atoms with van der Waals surface area (Å²) in [5.41, 5.74) is 3.13. The molecule has 1 aromatic carbocycles. The van der Waals surface area contributed by atoms with Crippen molar-refractivity contribution >= 4 is 5.71 Å². The molecule has 4 aliphatic carbocycles. The maximum absolute atomic E-state index is 12.9. The standard InChI is InChI=1S/C37H50F3NO3/c1-6-33-23(2)7-16-34(44-33)43-28-17-19-35(4)27(21-28)12-13-29-31-15-14-30(36(31,5)20-18-32(29)35)24(3)41-42-22-25-8-10-26(11-9-25)37(38,39)40/h7-12,16,23,28-34H,6,13-15,17-22H2,1-5H3/b41-24+/t23-,28?,29?,30+,31?,32?,33+,34?,35-,36+/m0/s1. The summed E-state index contributed by atoms with van der Waals surface area (Å²) in [6, 6.07) is 5.14. The quantitative estimate of drug-likeness (QED) is 0.175. The number of fused-ring (bicyclic) bond motifs is 5. The highest BCUT2D eigenvalue weighted by Gasteiger charge is 2.59. The first-order valence-corrected chi connectivity index (χ1v) is 16.9. The van der Waals surface area contributed by atoms with Crippen LogP contribution in [0.3, 0.4) is 0 Å². The van der Waals surface area contributed by atoms with Crippen molar-refractivity contribution < 1.29 is 27.5 Å². The predicted molar refractivity (Wildman–Crippen MR) is 167 cm³/mol. The van der Waals surface area contributed by atoms with E-state index in [2.05, 4.69) is 58.0 Å². The van der Waals surface area contributed by atoms with E-state index in [9.17, 15) is 13.2 Å². The van der Waals surface area contributed by atoms with Gasteiger partial charge in [-0.2, -0.15) is 13.2 Å².